The molecule has 1 aromatic heterocycles. The molecular formula is C17H26N4O3. The summed E-state index contributed by atoms with van der Waals surface area (Å²) in [7, 11) is 0. The predicted octanol–water partition coefficient (Wildman–Crippen LogP) is 0.182. The Morgan fingerprint density at radius 1 is 1.25 bits per heavy atom. The topological polar surface area (TPSA) is 77.8 Å². The van der Waals surface area contributed by atoms with Crippen LogP contribution in [0.25, 0.3) is 0 Å². The van der Waals surface area contributed by atoms with Crippen LogP contribution in [0.3, 0.4) is 0 Å². The molecule has 24 heavy (non-hydrogen) atoms. The van der Waals surface area contributed by atoms with Crippen molar-refractivity contribution in [1.29, 1.82) is 0 Å². The zero-order chi connectivity index (χ0) is 16.8. The summed E-state index contributed by atoms with van der Waals surface area (Å²) in [6, 6.07) is 3.51. The molecule has 7 nitrogen and oxygen atoms in total. The van der Waals surface area contributed by atoms with Crippen molar-refractivity contribution in [1.82, 2.24) is 20.4 Å². The summed E-state index contributed by atoms with van der Waals surface area (Å²) < 4.78 is 5.38. The molecule has 1 aromatic rings. The first-order chi connectivity index (χ1) is 11.7. The van der Waals surface area contributed by atoms with E-state index in [0.29, 0.717) is 13.1 Å². The van der Waals surface area contributed by atoms with Gasteiger partial charge in [-0.1, -0.05) is 0 Å². The number of hydrogen-bond acceptors (Lipinski definition) is 5. The Bertz CT molecular complexity index is 538. The Morgan fingerprint density at radius 2 is 2.04 bits per heavy atom. The lowest BCUT2D eigenvalue weighted by molar-refractivity contribution is -0.129. The van der Waals surface area contributed by atoms with Crippen molar-refractivity contribution < 1.29 is 14.0 Å². The van der Waals surface area contributed by atoms with Crippen molar-refractivity contribution in [3.05, 3.63) is 24.2 Å². The summed E-state index contributed by atoms with van der Waals surface area (Å²) >= 11 is 0. The minimum Gasteiger partial charge on any atom is -0.468 e. The van der Waals surface area contributed by atoms with Crippen LogP contribution in [0, 0.1) is 0 Å². The van der Waals surface area contributed by atoms with Crippen LogP contribution in [-0.2, 0) is 16.1 Å². The second-order valence-corrected chi connectivity index (χ2v) is 6.54. The fourth-order valence-corrected chi connectivity index (χ4v) is 3.25. The van der Waals surface area contributed by atoms with Crippen molar-refractivity contribution in [3.63, 3.8) is 0 Å². The van der Waals surface area contributed by atoms with E-state index in [0.717, 1.165) is 57.7 Å². The molecule has 2 fully saturated rings. The van der Waals surface area contributed by atoms with Gasteiger partial charge in [-0.25, -0.2) is 0 Å². The van der Waals surface area contributed by atoms with E-state index in [1.807, 2.05) is 12.1 Å². The van der Waals surface area contributed by atoms with Gasteiger partial charge >= 0.3 is 0 Å². The predicted molar refractivity (Wildman–Crippen MR) is 89.2 cm³/mol. The molecule has 0 radical (unpaired) electrons. The lowest BCUT2D eigenvalue weighted by Gasteiger charge is -2.34. The van der Waals surface area contributed by atoms with Gasteiger partial charge in [0, 0.05) is 32.7 Å². The van der Waals surface area contributed by atoms with Gasteiger partial charge in [-0.15, -0.1) is 0 Å². The third kappa shape index (κ3) is 4.82. The maximum Gasteiger partial charge on any atom is 0.242 e. The normalized spacial score (nSPS) is 23.5. The van der Waals surface area contributed by atoms with Gasteiger partial charge in [-0.3, -0.25) is 19.4 Å². The Balaban J connectivity index is 1.39. The molecule has 0 unspecified atom stereocenters. The zero-order valence-corrected chi connectivity index (χ0v) is 14.0. The van der Waals surface area contributed by atoms with Crippen LogP contribution in [0.15, 0.2) is 22.8 Å². The van der Waals surface area contributed by atoms with Gasteiger partial charge in [-0.05, 0) is 31.4 Å². The first-order valence-electron chi connectivity index (χ1n) is 8.75. The van der Waals surface area contributed by atoms with E-state index < -0.39 is 0 Å². The highest BCUT2D eigenvalue weighted by molar-refractivity contribution is 5.88. The SMILES string of the molecule is O=C(CN1CCN(Cc2ccco2)CC1)N[C@@H]1CCCCNC1=O. The van der Waals surface area contributed by atoms with Gasteiger partial charge in [0.25, 0.3) is 0 Å². The van der Waals surface area contributed by atoms with Crippen LogP contribution in [0.4, 0.5) is 0 Å². The van der Waals surface area contributed by atoms with Crippen LogP contribution in [-0.4, -0.2) is 66.9 Å². The Labute approximate surface area is 142 Å². The Kier molecular flexibility index (Phi) is 5.87. The number of piperazine rings is 1. The Morgan fingerprint density at radius 3 is 2.79 bits per heavy atom. The average Bonchev–Trinajstić information content (AvgIpc) is 3.00. The minimum atomic E-state index is -0.375. The third-order valence-corrected chi connectivity index (χ3v) is 4.66. The van der Waals surface area contributed by atoms with Crippen LogP contribution in [0.1, 0.15) is 25.0 Å². The number of amides is 2. The van der Waals surface area contributed by atoms with Gasteiger partial charge < -0.3 is 15.1 Å². The van der Waals surface area contributed by atoms with E-state index in [-0.39, 0.29) is 17.9 Å². The molecule has 0 aliphatic carbocycles. The zero-order valence-electron chi connectivity index (χ0n) is 14.0. The van der Waals surface area contributed by atoms with E-state index >= 15 is 0 Å². The molecule has 2 aliphatic rings. The second kappa shape index (κ2) is 8.30. The van der Waals surface area contributed by atoms with Crippen LogP contribution >= 0.6 is 0 Å². The van der Waals surface area contributed by atoms with E-state index in [4.69, 9.17) is 4.42 Å². The average molecular weight is 334 g/mol. The molecule has 7 heteroatoms. The molecule has 0 aromatic carbocycles. The Hall–Kier alpha value is -1.86. The van der Waals surface area contributed by atoms with E-state index in [9.17, 15) is 9.59 Å². The van der Waals surface area contributed by atoms with Gasteiger partial charge in [0.05, 0.1) is 19.4 Å². The van der Waals surface area contributed by atoms with Crippen LogP contribution in [0.5, 0.6) is 0 Å². The highest BCUT2D eigenvalue weighted by Gasteiger charge is 2.24. The van der Waals surface area contributed by atoms with Gasteiger partial charge in [0.1, 0.15) is 11.8 Å². The number of carbonyl (C=O) groups is 2. The highest BCUT2D eigenvalue weighted by atomic mass is 16.3. The molecule has 2 amide bonds. The fraction of sp³-hybridized carbons (Fsp3) is 0.647. The van der Waals surface area contributed by atoms with Crippen molar-refractivity contribution in [2.75, 3.05) is 39.3 Å². The summed E-state index contributed by atoms with van der Waals surface area (Å²) in [6.45, 7) is 5.42. The molecule has 3 heterocycles. The van der Waals surface area contributed by atoms with Crippen molar-refractivity contribution in [2.24, 2.45) is 0 Å². The lowest BCUT2D eigenvalue weighted by Crippen LogP contribution is -2.52. The number of rotatable bonds is 5. The molecule has 2 N–H and O–H groups in total. The van der Waals surface area contributed by atoms with Crippen molar-refractivity contribution in [3.8, 4) is 0 Å². The maximum atomic E-state index is 12.2. The monoisotopic (exact) mass is 334 g/mol. The summed E-state index contributed by atoms with van der Waals surface area (Å²) in [5, 5.41) is 5.73. The summed E-state index contributed by atoms with van der Waals surface area (Å²) in [4.78, 5) is 28.6. The highest BCUT2D eigenvalue weighted by Crippen LogP contribution is 2.09. The smallest absolute Gasteiger partial charge is 0.242 e. The van der Waals surface area contributed by atoms with E-state index in [1.165, 1.54) is 0 Å². The molecule has 0 spiro atoms. The lowest BCUT2D eigenvalue weighted by atomic mass is 10.1. The molecule has 132 valence electrons. The minimum absolute atomic E-state index is 0.0517. The number of nitrogens with one attached hydrogen (secondary N) is 2. The summed E-state index contributed by atoms with van der Waals surface area (Å²) in [6.07, 6.45) is 4.37. The van der Waals surface area contributed by atoms with Crippen LogP contribution in [0.2, 0.25) is 0 Å². The fourth-order valence-electron chi connectivity index (χ4n) is 3.25. The number of carbonyl (C=O) groups excluding carboxylic acids is 2. The first kappa shape index (κ1) is 17.0. The molecule has 1 atom stereocenters. The van der Waals surface area contributed by atoms with E-state index in [1.54, 1.807) is 6.26 Å². The standard InChI is InChI=1S/C17H26N4O3/c22-16(19-15-5-1-2-6-18-17(15)23)13-21-9-7-20(8-10-21)12-14-4-3-11-24-14/h3-4,11,15H,1-2,5-10,12-13H2,(H,18,23)(H,19,22)/t15-/m1/s1. The third-order valence-electron chi connectivity index (χ3n) is 4.66. The molecular weight excluding hydrogens is 308 g/mol. The molecule has 2 aliphatic heterocycles. The van der Waals surface area contributed by atoms with Gasteiger partial charge in [-0.2, -0.15) is 0 Å². The number of nitrogens with zero attached hydrogens (tertiary/aromatic N) is 2. The van der Waals surface area contributed by atoms with Gasteiger partial charge in [0.2, 0.25) is 11.8 Å². The first-order valence-corrected chi connectivity index (χ1v) is 8.75. The quantitative estimate of drug-likeness (QED) is 0.803. The summed E-state index contributed by atoms with van der Waals surface area (Å²) in [5.74, 6) is 0.862. The van der Waals surface area contributed by atoms with E-state index in [2.05, 4.69) is 20.4 Å². The maximum absolute atomic E-state index is 12.2. The summed E-state index contributed by atoms with van der Waals surface area (Å²) in [5.41, 5.74) is 0. The molecule has 2 saturated heterocycles. The van der Waals surface area contributed by atoms with Gasteiger partial charge in [0.15, 0.2) is 0 Å². The second-order valence-electron chi connectivity index (χ2n) is 6.54. The van der Waals surface area contributed by atoms with Crippen LogP contribution < -0.4 is 10.6 Å². The molecule has 3 rings (SSSR count). The largest absolute Gasteiger partial charge is 0.468 e. The molecule has 0 saturated carbocycles. The molecule has 0 bridgehead atoms. The number of hydrogen-bond donors (Lipinski definition) is 2. The van der Waals surface area contributed by atoms with Crippen molar-refractivity contribution >= 4 is 11.8 Å². The van der Waals surface area contributed by atoms with Crippen molar-refractivity contribution in [2.45, 2.75) is 31.8 Å². The number of furan rings is 1.